The first-order chi connectivity index (χ1) is 11.6. The predicted octanol–water partition coefficient (Wildman–Crippen LogP) is 1.50. The van der Waals surface area contributed by atoms with Crippen molar-refractivity contribution in [1.29, 1.82) is 0 Å². The number of benzene rings is 1. The molecule has 1 atom stereocenters. The number of aromatic nitrogens is 2. The van der Waals surface area contributed by atoms with Crippen LogP contribution in [0.4, 0.5) is 0 Å². The number of carbonyl (C=O) groups excluding carboxylic acids is 1. The number of aryl methyl sites for hydroxylation is 1. The van der Waals surface area contributed by atoms with Crippen molar-refractivity contribution >= 4 is 5.91 Å². The van der Waals surface area contributed by atoms with Gasteiger partial charge in [-0.15, -0.1) is 0 Å². The maximum atomic E-state index is 12.3. The molecule has 0 bridgehead atoms. The van der Waals surface area contributed by atoms with E-state index in [1.807, 2.05) is 19.1 Å². The number of carbonyl (C=O) groups is 1. The SMILES string of the molecule is Cc1nc(-c2ccc(C(=O)N[C@H](C)CN3CCOCC3)cc2)no1. The molecule has 1 amide bonds. The number of morpholine rings is 1. The molecular weight excluding hydrogens is 308 g/mol. The zero-order chi connectivity index (χ0) is 16.9. The standard InChI is InChI=1S/C17H22N4O3/c1-12(11-21-7-9-23-10-8-21)18-17(22)15-5-3-14(4-6-15)16-19-13(2)24-20-16/h3-6,12H,7-11H2,1-2H3,(H,18,22)/t12-/m1/s1. The van der Waals surface area contributed by atoms with Gasteiger partial charge >= 0.3 is 0 Å². The van der Waals surface area contributed by atoms with Crippen LogP contribution in [0.15, 0.2) is 28.8 Å². The molecule has 128 valence electrons. The number of nitrogens with zero attached hydrogens (tertiary/aromatic N) is 3. The third kappa shape index (κ3) is 4.18. The molecule has 2 heterocycles. The van der Waals surface area contributed by atoms with Gasteiger partial charge in [-0.05, 0) is 19.1 Å². The van der Waals surface area contributed by atoms with Gasteiger partial charge in [-0.3, -0.25) is 9.69 Å². The van der Waals surface area contributed by atoms with Gasteiger partial charge in [0.2, 0.25) is 11.7 Å². The number of rotatable bonds is 5. The fraction of sp³-hybridized carbons (Fsp3) is 0.471. The summed E-state index contributed by atoms with van der Waals surface area (Å²) in [6.45, 7) is 7.95. The number of nitrogens with one attached hydrogen (secondary N) is 1. The van der Waals surface area contributed by atoms with Crippen LogP contribution in [0.1, 0.15) is 23.2 Å². The summed E-state index contributed by atoms with van der Waals surface area (Å²) in [4.78, 5) is 18.8. The molecule has 1 saturated heterocycles. The third-order valence-electron chi connectivity index (χ3n) is 3.95. The highest BCUT2D eigenvalue weighted by atomic mass is 16.5. The molecule has 0 radical (unpaired) electrons. The molecule has 1 fully saturated rings. The van der Waals surface area contributed by atoms with Crippen molar-refractivity contribution < 1.29 is 14.1 Å². The zero-order valence-electron chi connectivity index (χ0n) is 14.0. The van der Waals surface area contributed by atoms with Gasteiger partial charge in [0, 0.05) is 43.7 Å². The van der Waals surface area contributed by atoms with Gasteiger partial charge < -0.3 is 14.6 Å². The van der Waals surface area contributed by atoms with Crippen molar-refractivity contribution in [3.63, 3.8) is 0 Å². The molecule has 0 unspecified atom stereocenters. The maximum absolute atomic E-state index is 12.3. The summed E-state index contributed by atoms with van der Waals surface area (Å²) in [6, 6.07) is 7.28. The highest BCUT2D eigenvalue weighted by molar-refractivity contribution is 5.94. The van der Waals surface area contributed by atoms with Gasteiger partial charge in [-0.25, -0.2) is 0 Å². The maximum Gasteiger partial charge on any atom is 0.251 e. The lowest BCUT2D eigenvalue weighted by Crippen LogP contribution is -2.46. The minimum Gasteiger partial charge on any atom is -0.379 e. The Hall–Kier alpha value is -2.25. The van der Waals surface area contributed by atoms with Crippen LogP contribution in [-0.2, 0) is 4.74 Å². The summed E-state index contributed by atoms with van der Waals surface area (Å²) in [7, 11) is 0. The number of hydrogen-bond acceptors (Lipinski definition) is 6. The number of ether oxygens (including phenoxy) is 1. The molecule has 0 saturated carbocycles. The zero-order valence-corrected chi connectivity index (χ0v) is 14.0. The lowest BCUT2D eigenvalue weighted by Gasteiger charge is -2.29. The number of hydrogen-bond donors (Lipinski definition) is 1. The van der Waals surface area contributed by atoms with Crippen LogP contribution in [0.5, 0.6) is 0 Å². The van der Waals surface area contributed by atoms with Crippen LogP contribution in [-0.4, -0.2) is 59.8 Å². The lowest BCUT2D eigenvalue weighted by molar-refractivity contribution is 0.0342. The van der Waals surface area contributed by atoms with Crippen LogP contribution in [0.2, 0.25) is 0 Å². The summed E-state index contributed by atoms with van der Waals surface area (Å²) in [5, 5.41) is 6.91. The second-order valence-corrected chi connectivity index (χ2v) is 6.00. The average molecular weight is 330 g/mol. The van der Waals surface area contributed by atoms with Crippen molar-refractivity contribution in [1.82, 2.24) is 20.4 Å². The van der Waals surface area contributed by atoms with Gasteiger partial charge in [0.05, 0.1) is 13.2 Å². The summed E-state index contributed by atoms with van der Waals surface area (Å²) in [6.07, 6.45) is 0. The summed E-state index contributed by atoms with van der Waals surface area (Å²) < 4.78 is 10.3. The van der Waals surface area contributed by atoms with E-state index in [1.54, 1.807) is 19.1 Å². The first kappa shape index (κ1) is 16.6. The van der Waals surface area contributed by atoms with Gasteiger partial charge in [0.25, 0.3) is 5.91 Å². The average Bonchev–Trinajstić information content (AvgIpc) is 3.02. The van der Waals surface area contributed by atoms with Crippen LogP contribution in [0.25, 0.3) is 11.4 Å². The first-order valence-electron chi connectivity index (χ1n) is 8.13. The van der Waals surface area contributed by atoms with E-state index in [0.29, 0.717) is 17.3 Å². The molecule has 0 aliphatic carbocycles. The van der Waals surface area contributed by atoms with Crippen LogP contribution in [0.3, 0.4) is 0 Å². The van der Waals surface area contributed by atoms with E-state index >= 15 is 0 Å². The van der Waals surface area contributed by atoms with Crippen molar-refractivity contribution in [2.24, 2.45) is 0 Å². The Labute approximate surface area is 141 Å². The van der Waals surface area contributed by atoms with Gasteiger partial charge in [-0.2, -0.15) is 4.98 Å². The van der Waals surface area contributed by atoms with Crippen LogP contribution >= 0.6 is 0 Å². The van der Waals surface area contributed by atoms with Gasteiger partial charge in [-0.1, -0.05) is 17.3 Å². The Morgan fingerprint density at radius 1 is 1.29 bits per heavy atom. The van der Waals surface area contributed by atoms with Crippen molar-refractivity contribution in [3.05, 3.63) is 35.7 Å². The Bertz CT molecular complexity index is 677. The Kier molecular flexibility index (Phi) is 5.22. The molecule has 7 nitrogen and oxygen atoms in total. The smallest absolute Gasteiger partial charge is 0.251 e. The van der Waals surface area contributed by atoms with E-state index in [1.165, 1.54) is 0 Å². The fourth-order valence-corrected chi connectivity index (χ4v) is 2.71. The molecular formula is C17H22N4O3. The van der Waals surface area contributed by atoms with Gasteiger partial charge in [0.1, 0.15) is 0 Å². The molecule has 1 aliphatic rings. The fourth-order valence-electron chi connectivity index (χ4n) is 2.71. The molecule has 1 aromatic carbocycles. The normalized spacial score (nSPS) is 16.8. The van der Waals surface area contributed by atoms with E-state index < -0.39 is 0 Å². The molecule has 1 N–H and O–H groups in total. The highest BCUT2D eigenvalue weighted by Gasteiger charge is 2.16. The minimum absolute atomic E-state index is 0.0772. The van der Waals surface area contributed by atoms with Crippen LogP contribution in [0, 0.1) is 6.92 Å². The molecule has 2 aromatic rings. The molecule has 0 spiro atoms. The van der Waals surface area contributed by atoms with E-state index in [0.717, 1.165) is 38.4 Å². The summed E-state index contributed by atoms with van der Waals surface area (Å²) in [5.74, 6) is 0.968. The second kappa shape index (κ2) is 7.55. The lowest BCUT2D eigenvalue weighted by atomic mass is 10.1. The highest BCUT2D eigenvalue weighted by Crippen LogP contribution is 2.16. The summed E-state index contributed by atoms with van der Waals surface area (Å²) in [5.41, 5.74) is 1.44. The Balaban J connectivity index is 1.56. The monoisotopic (exact) mass is 330 g/mol. The molecule has 1 aromatic heterocycles. The number of amides is 1. The Morgan fingerprint density at radius 2 is 2.00 bits per heavy atom. The largest absolute Gasteiger partial charge is 0.379 e. The topological polar surface area (TPSA) is 80.5 Å². The Morgan fingerprint density at radius 3 is 2.62 bits per heavy atom. The molecule has 3 rings (SSSR count). The van der Waals surface area contributed by atoms with E-state index in [-0.39, 0.29) is 11.9 Å². The van der Waals surface area contributed by atoms with Crippen molar-refractivity contribution in [2.75, 3.05) is 32.8 Å². The molecule has 7 heteroatoms. The minimum atomic E-state index is -0.0772. The van der Waals surface area contributed by atoms with Gasteiger partial charge in [0.15, 0.2) is 0 Å². The molecule has 24 heavy (non-hydrogen) atoms. The van der Waals surface area contributed by atoms with Crippen molar-refractivity contribution in [2.45, 2.75) is 19.9 Å². The third-order valence-corrected chi connectivity index (χ3v) is 3.95. The van der Waals surface area contributed by atoms with E-state index in [9.17, 15) is 4.79 Å². The molecule has 1 aliphatic heterocycles. The quantitative estimate of drug-likeness (QED) is 0.895. The summed E-state index contributed by atoms with van der Waals surface area (Å²) >= 11 is 0. The predicted molar refractivity (Wildman–Crippen MR) is 88.7 cm³/mol. The second-order valence-electron chi connectivity index (χ2n) is 6.00. The van der Waals surface area contributed by atoms with E-state index in [4.69, 9.17) is 9.26 Å². The van der Waals surface area contributed by atoms with Crippen LogP contribution < -0.4 is 5.32 Å². The van der Waals surface area contributed by atoms with Crippen molar-refractivity contribution in [3.8, 4) is 11.4 Å². The van der Waals surface area contributed by atoms with E-state index in [2.05, 4.69) is 20.4 Å². The first-order valence-corrected chi connectivity index (χ1v) is 8.13.